The van der Waals surface area contributed by atoms with Crippen LogP contribution in [0.15, 0.2) is 72.8 Å². The summed E-state index contributed by atoms with van der Waals surface area (Å²) in [5.41, 5.74) is 1.36. The van der Waals surface area contributed by atoms with Crippen LogP contribution in [0.3, 0.4) is 0 Å². The van der Waals surface area contributed by atoms with E-state index < -0.39 is 0 Å². The van der Waals surface area contributed by atoms with Crippen molar-refractivity contribution in [1.29, 1.82) is 10.5 Å². The first-order valence-electron chi connectivity index (χ1n) is 8.41. The van der Waals surface area contributed by atoms with Crippen LogP contribution >= 0.6 is 0 Å². The summed E-state index contributed by atoms with van der Waals surface area (Å²) < 4.78 is 0. The fourth-order valence-electron chi connectivity index (χ4n) is 3.84. The van der Waals surface area contributed by atoms with E-state index in [2.05, 4.69) is 48.5 Å². The van der Waals surface area contributed by atoms with Crippen LogP contribution in [0.25, 0.3) is 43.1 Å². The van der Waals surface area contributed by atoms with E-state index >= 15 is 0 Å². The molecule has 0 heterocycles. The van der Waals surface area contributed by atoms with E-state index in [1.807, 2.05) is 36.4 Å². The maximum atomic E-state index is 9.12. The molecule has 0 aliphatic heterocycles. The highest BCUT2D eigenvalue weighted by molar-refractivity contribution is 6.22. The van der Waals surface area contributed by atoms with Crippen LogP contribution in [0.2, 0.25) is 0 Å². The van der Waals surface area contributed by atoms with Crippen molar-refractivity contribution in [1.82, 2.24) is 0 Å². The summed E-state index contributed by atoms with van der Waals surface area (Å²) in [5.74, 6) is 0. The molecule has 2 nitrogen and oxygen atoms in total. The molecule has 0 aliphatic rings. The lowest BCUT2D eigenvalue weighted by atomic mass is 9.93. The van der Waals surface area contributed by atoms with Gasteiger partial charge in [-0.05, 0) is 67.4 Å². The Labute approximate surface area is 150 Å². The summed E-state index contributed by atoms with van der Waals surface area (Å²) in [5, 5.41) is 27.5. The summed E-state index contributed by atoms with van der Waals surface area (Å²) >= 11 is 0. The van der Waals surface area contributed by atoms with Crippen molar-refractivity contribution < 1.29 is 0 Å². The number of nitriles is 2. The average molecular weight is 328 g/mol. The van der Waals surface area contributed by atoms with Crippen LogP contribution in [-0.2, 0) is 0 Å². The molecule has 0 bridgehead atoms. The second kappa shape index (κ2) is 5.31. The molecule has 2 heteroatoms. The van der Waals surface area contributed by atoms with E-state index in [1.165, 1.54) is 21.5 Å². The van der Waals surface area contributed by atoms with Crippen LogP contribution < -0.4 is 0 Å². The van der Waals surface area contributed by atoms with Crippen molar-refractivity contribution >= 4 is 43.1 Å². The molecular formula is C24H12N2. The second-order valence-corrected chi connectivity index (χ2v) is 6.48. The van der Waals surface area contributed by atoms with Crippen molar-refractivity contribution in [2.24, 2.45) is 0 Å². The third-order valence-corrected chi connectivity index (χ3v) is 5.09. The Kier molecular flexibility index (Phi) is 2.95. The van der Waals surface area contributed by atoms with Crippen molar-refractivity contribution in [2.45, 2.75) is 0 Å². The molecule has 0 fully saturated rings. The third kappa shape index (κ3) is 1.97. The van der Waals surface area contributed by atoms with Gasteiger partial charge in [-0.25, -0.2) is 0 Å². The predicted molar refractivity (Wildman–Crippen MR) is 106 cm³/mol. The molecule has 0 aliphatic carbocycles. The van der Waals surface area contributed by atoms with Crippen molar-refractivity contribution in [3.8, 4) is 12.1 Å². The van der Waals surface area contributed by atoms with Crippen LogP contribution in [0, 0.1) is 22.7 Å². The fourth-order valence-corrected chi connectivity index (χ4v) is 3.84. The molecule has 0 radical (unpaired) electrons. The van der Waals surface area contributed by atoms with Gasteiger partial charge in [-0.2, -0.15) is 10.5 Å². The maximum Gasteiger partial charge on any atom is 0.0991 e. The van der Waals surface area contributed by atoms with E-state index in [0.29, 0.717) is 11.1 Å². The Morgan fingerprint density at radius 2 is 0.769 bits per heavy atom. The molecule has 0 N–H and O–H groups in total. The molecule has 0 aromatic heterocycles. The van der Waals surface area contributed by atoms with Gasteiger partial charge in [0.25, 0.3) is 0 Å². The van der Waals surface area contributed by atoms with Gasteiger partial charge in [0.1, 0.15) is 0 Å². The van der Waals surface area contributed by atoms with Gasteiger partial charge in [-0.15, -0.1) is 0 Å². The smallest absolute Gasteiger partial charge is 0.0991 e. The number of fused-ring (bicyclic) bond motifs is 7. The van der Waals surface area contributed by atoms with E-state index in [1.54, 1.807) is 0 Å². The Morgan fingerprint density at radius 3 is 1.19 bits per heavy atom. The van der Waals surface area contributed by atoms with Crippen LogP contribution in [0.1, 0.15) is 11.1 Å². The zero-order valence-electron chi connectivity index (χ0n) is 13.8. The number of nitrogens with zero attached hydrogens (tertiary/aromatic N) is 2. The minimum absolute atomic E-state index is 0.678. The van der Waals surface area contributed by atoms with E-state index in [0.717, 1.165) is 21.5 Å². The SMILES string of the molecule is N#Cc1ccc2c(ccc3c2ccc2c4ccc(C#N)cc4ccc23)c1. The maximum absolute atomic E-state index is 9.12. The average Bonchev–Trinajstić information content (AvgIpc) is 2.71. The Hall–Kier alpha value is -3.88. The highest BCUT2D eigenvalue weighted by Crippen LogP contribution is 2.35. The van der Waals surface area contributed by atoms with Gasteiger partial charge in [-0.3, -0.25) is 0 Å². The topological polar surface area (TPSA) is 47.6 Å². The van der Waals surface area contributed by atoms with Gasteiger partial charge in [0.15, 0.2) is 0 Å². The van der Waals surface area contributed by atoms with Crippen molar-refractivity contribution in [3.05, 3.63) is 83.9 Å². The van der Waals surface area contributed by atoms with E-state index in [-0.39, 0.29) is 0 Å². The first kappa shape index (κ1) is 14.5. The summed E-state index contributed by atoms with van der Waals surface area (Å²) in [6.45, 7) is 0. The molecule has 0 spiro atoms. The second-order valence-electron chi connectivity index (χ2n) is 6.48. The lowest BCUT2D eigenvalue weighted by Gasteiger charge is -2.10. The summed E-state index contributed by atoms with van der Waals surface area (Å²) in [7, 11) is 0. The molecule has 0 atom stereocenters. The largest absolute Gasteiger partial charge is 0.192 e. The Bertz CT molecular complexity index is 1330. The lowest BCUT2D eigenvalue weighted by molar-refractivity contribution is 1.50. The van der Waals surface area contributed by atoms with Gasteiger partial charge >= 0.3 is 0 Å². The van der Waals surface area contributed by atoms with Gasteiger partial charge < -0.3 is 0 Å². The number of hydrogen-bond donors (Lipinski definition) is 0. The molecule has 5 rings (SSSR count). The standard InChI is InChI=1S/C24H12N2/c25-13-15-1-5-19-17(11-15)3-7-23-21(19)9-10-22-20-6-2-16(14-26)12-18(20)4-8-24(22)23/h1-12H. The molecule has 0 amide bonds. The van der Waals surface area contributed by atoms with Crippen molar-refractivity contribution in [2.75, 3.05) is 0 Å². The number of benzene rings is 5. The highest BCUT2D eigenvalue weighted by atomic mass is 14.2. The zero-order chi connectivity index (χ0) is 17.7. The molecule has 0 saturated carbocycles. The first-order valence-corrected chi connectivity index (χ1v) is 8.41. The molecule has 5 aromatic rings. The lowest BCUT2D eigenvalue weighted by Crippen LogP contribution is -1.84. The van der Waals surface area contributed by atoms with Crippen LogP contribution in [-0.4, -0.2) is 0 Å². The molecular weight excluding hydrogens is 316 g/mol. The van der Waals surface area contributed by atoms with Gasteiger partial charge in [-0.1, -0.05) is 48.5 Å². The Morgan fingerprint density at radius 1 is 0.423 bits per heavy atom. The monoisotopic (exact) mass is 328 g/mol. The summed E-state index contributed by atoms with van der Waals surface area (Å²) in [6.07, 6.45) is 0. The van der Waals surface area contributed by atoms with Crippen LogP contribution in [0.5, 0.6) is 0 Å². The molecule has 5 aromatic carbocycles. The number of hydrogen-bond acceptors (Lipinski definition) is 2. The quantitative estimate of drug-likeness (QED) is 0.325. The number of rotatable bonds is 0. The predicted octanol–water partition coefficient (Wildman–Crippen LogP) is 6.04. The van der Waals surface area contributed by atoms with Gasteiger partial charge in [0.05, 0.1) is 23.3 Å². The first-order chi connectivity index (χ1) is 12.8. The third-order valence-electron chi connectivity index (χ3n) is 5.09. The van der Waals surface area contributed by atoms with Gasteiger partial charge in [0.2, 0.25) is 0 Å². The summed E-state index contributed by atoms with van der Waals surface area (Å²) in [6, 6.07) is 28.8. The van der Waals surface area contributed by atoms with Crippen LogP contribution in [0.4, 0.5) is 0 Å². The normalized spacial score (nSPS) is 11.0. The minimum Gasteiger partial charge on any atom is -0.192 e. The van der Waals surface area contributed by atoms with Gasteiger partial charge in [0, 0.05) is 0 Å². The Balaban J connectivity index is 1.90. The fraction of sp³-hybridized carbons (Fsp3) is 0. The minimum atomic E-state index is 0.678. The molecule has 0 saturated heterocycles. The summed E-state index contributed by atoms with van der Waals surface area (Å²) in [4.78, 5) is 0. The molecule has 118 valence electrons. The zero-order valence-corrected chi connectivity index (χ0v) is 13.8. The molecule has 0 unspecified atom stereocenters. The van der Waals surface area contributed by atoms with Crippen molar-refractivity contribution in [3.63, 3.8) is 0 Å². The van der Waals surface area contributed by atoms with E-state index in [4.69, 9.17) is 10.5 Å². The molecule has 26 heavy (non-hydrogen) atoms. The van der Waals surface area contributed by atoms with E-state index in [9.17, 15) is 0 Å². The highest BCUT2D eigenvalue weighted by Gasteiger charge is 2.08.